The van der Waals surface area contributed by atoms with Crippen LogP contribution in [0.2, 0.25) is 0 Å². The van der Waals surface area contributed by atoms with E-state index in [2.05, 4.69) is 52.1 Å². The van der Waals surface area contributed by atoms with Gasteiger partial charge >= 0.3 is 0 Å². The van der Waals surface area contributed by atoms with Crippen LogP contribution in [0.1, 0.15) is 18.4 Å². The third-order valence-corrected chi connectivity index (χ3v) is 5.37. The van der Waals surface area contributed by atoms with Crippen molar-refractivity contribution in [1.29, 1.82) is 0 Å². The molecule has 1 aromatic heterocycles. The topological polar surface area (TPSA) is 36.3 Å². The number of ether oxygens (including phenoxy) is 2. The molecule has 2 aromatic carbocycles. The Morgan fingerprint density at radius 1 is 1.04 bits per heavy atom. The largest absolute Gasteiger partial charge is 0.496 e. The predicted octanol–water partition coefficient (Wildman–Crippen LogP) is 4.31. The molecule has 0 radical (unpaired) electrons. The summed E-state index contributed by atoms with van der Waals surface area (Å²) in [6.07, 6.45) is 5.98. The molecule has 0 spiro atoms. The number of hydrogen-bond donors (Lipinski definition) is 0. The maximum Gasteiger partial charge on any atom is 0.143 e. The molecule has 4 nitrogen and oxygen atoms in total. The van der Waals surface area contributed by atoms with E-state index in [-0.39, 0.29) is 5.41 Å². The number of nitrogens with zero attached hydrogens (tertiary/aromatic N) is 2. The summed E-state index contributed by atoms with van der Waals surface area (Å²) < 4.78 is 13.5. The van der Waals surface area contributed by atoms with Gasteiger partial charge in [-0.2, -0.15) is 0 Å². The zero-order valence-corrected chi connectivity index (χ0v) is 15.1. The number of para-hydroxylation sites is 1. The van der Waals surface area contributed by atoms with Crippen LogP contribution in [-0.4, -0.2) is 29.9 Å². The average Bonchev–Trinajstić information content (AvgIpc) is 3.17. The summed E-state index contributed by atoms with van der Waals surface area (Å²) in [6, 6.07) is 18.9. The first-order chi connectivity index (χ1) is 12.8. The van der Waals surface area contributed by atoms with Crippen LogP contribution >= 0.6 is 0 Å². The van der Waals surface area contributed by atoms with Crippen molar-refractivity contribution < 1.29 is 9.47 Å². The molecule has 4 heteroatoms. The Hall–Kier alpha value is -2.59. The van der Waals surface area contributed by atoms with Crippen molar-refractivity contribution in [2.45, 2.75) is 24.8 Å². The Morgan fingerprint density at radius 2 is 1.77 bits per heavy atom. The molecule has 0 unspecified atom stereocenters. The molecule has 134 valence electrons. The van der Waals surface area contributed by atoms with Crippen molar-refractivity contribution in [2.75, 3.05) is 20.3 Å². The normalized spacial score (nSPS) is 16.3. The first kappa shape index (κ1) is 16.9. The molecule has 1 aliphatic heterocycles. The number of hydrogen-bond acceptors (Lipinski definition) is 3. The van der Waals surface area contributed by atoms with Crippen molar-refractivity contribution in [3.63, 3.8) is 0 Å². The number of benzene rings is 2. The van der Waals surface area contributed by atoms with Gasteiger partial charge in [-0.25, -0.2) is 4.98 Å². The van der Waals surface area contributed by atoms with Crippen molar-refractivity contribution in [3.8, 4) is 17.1 Å². The molecule has 1 saturated heterocycles. The molecule has 4 rings (SSSR count). The van der Waals surface area contributed by atoms with Crippen molar-refractivity contribution in [2.24, 2.45) is 0 Å². The molecule has 0 bridgehead atoms. The third-order valence-electron chi connectivity index (χ3n) is 5.37. The van der Waals surface area contributed by atoms with E-state index in [0.29, 0.717) is 0 Å². The second kappa shape index (κ2) is 7.34. The summed E-state index contributed by atoms with van der Waals surface area (Å²) in [5.74, 6) is 1.80. The minimum Gasteiger partial charge on any atom is -0.496 e. The van der Waals surface area contributed by atoms with Crippen LogP contribution in [0.25, 0.3) is 11.4 Å². The van der Waals surface area contributed by atoms with Crippen LogP contribution < -0.4 is 4.74 Å². The van der Waals surface area contributed by atoms with E-state index in [9.17, 15) is 0 Å². The van der Waals surface area contributed by atoms with Gasteiger partial charge in [-0.05, 0) is 30.5 Å². The second-order valence-electron chi connectivity index (χ2n) is 6.84. The summed E-state index contributed by atoms with van der Waals surface area (Å²) in [7, 11) is 1.70. The van der Waals surface area contributed by atoms with Crippen molar-refractivity contribution in [3.05, 3.63) is 72.6 Å². The van der Waals surface area contributed by atoms with Crippen LogP contribution in [-0.2, 0) is 16.7 Å². The van der Waals surface area contributed by atoms with Gasteiger partial charge in [-0.15, -0.1) is 0 Å². The number of aromatic nitrogens is 2. The average molecular weight is 348 g/mol. The fourth-order valence-corrected chi connectivity index (χ4v) is 3.93. The molecule has 0 amide bonds. The van der Waals surface area contributed by atoms with Gasteiger partial charge in [0.25, 0.3) is 0 Å². The fraction of sp³-hybridized carbons (Fsp3) is 0.318. The van der Waals surface area contributed by atoms with Crippen LogP contribution in [0.15, 0.2) is 67.0 Å². The lowest BCUT2D eigenvalue weighted by Gasteiger charge is -2.38. The zero-order valence-electron chi connectivity index (χ0n) is 15.1. The molecule has 1 fully saturated rings. The van der Waals surface area contributed by atoms with E-state index < -0.39 is 0 Å². The number of rotatable bonds is 5. The molecular formula is C22H24N2O2. The summed E-state index contributed by atoms with van der Waals surface area (Å²) in [6.45, 7) is 2.48. The standard InChI is InChI=1S/C22H24N2O2/c1-25-20-10-6-5-9-19(20)21-23-13-14-24(21)17-22(11-15-26-16-12-22)18-7-3-2-4-8-18/h2-10,13-14H,11-12,15-17H2,1H3. The minimum absolute atomic E-state index is 0.0664. The number of imidazole rings is 1. The summed E-state index contributed by atoms with van der Waals surface area (Å²) in [4.78, 5) is 4.64. The molecule has 0 N–H and O–H groups in total. The molecule has 3 aromatic rings. The van der Waals surface area contributed by atoms with E-state index >= 15 is 0 Å². The van der Waals surface area contributed by atoms with E-state index in [4.69, 9.17) is 9.47 Å². The van der Waals surface area contributed by atoms with Gasteiger partial charge in [0.2, 0.25) is 0 Å². The van der Waals surface area contributed by atoms with Gasteiger partial charge in [-0.3, -0.25) is 0 Å². The van der Waals surface area contributed by atoms with Gasteiger partial charge < -0.3 is 14.0 Å². The SMILES string of the molecule is COc1ccccc1-c1nccn1CC1(c2ccccc2)CCOCC1. The molecule has 0 atom stereocenters. The smallest absolute Gasteiger partial charge is 0.143 e. The molecular weight excluding hydrogens is 324 g/mol. The highest BCUT2D eigenvalue weighted by molar-refractivity contribution is 5.64. The van der Waals surface area contributed by atoms with Crippen molar-refractivity contribution in [1.82, 2.24) is 9.55 Å². The van der Waals surface area contributed by atoms with E-state index in [1.807, 2.05) is 24.4 Å². The minimum atomic E-state index is 0.0664. The first-order valence-electron chi connectivity index (χ1n) is 9.10. The summed E-state index contributed by atoms with van der Waals surface area (Å²) >= 11 is 0. The molecule has 2 heterocycles. The highest BCUT2D eigenvalue weighted by Crippen LogP contribution is 2.38. The van der Waals surface area contributed by atoms with E-state index in [0.717, 1.165) is 49.7 Å². The summed E-state index contributed by atoms with van der Waals surface area (Å²) in [5, 5.41) is 0. The zero-order chi connectivity index (χ0) is 17.8. The lowest BCUT2D eigenvalue weighted by atomic mass is 9.74. The fourth-order valence-electron chi connectivity index (χ4n) is 3.93. The van der Waals surface area contributed by atoms with Gasteiger partial charge in [0, 0.05) is 37.6 Å². The van der Waals surface area contributed by atoms with Gasteiger partial charge in [0.1, 0.15) is 11.6 Å². The van der Waals surface area contributed by atoms with Gasteiger partial charge in [-0.1, -0.05) is 42.5 Å². The Balaban J connectivity index is 1.73. The Labute approximate surface area is 154 Å². The third kappa shape index (κ3) is 3.13. The van der Waals surface area contributed by atoms with Gasteiger partial charge in [0.15, 0.2) is 0 Å². The first-order valence-corrected chi connectivity index (χ1v) is 9.10. The van der Waals surface area contributed by atoms with Crippen LogP contribution in [0, 0.1) is 0 Å². The Kier molecular flexibility index (Phi) is 4.76. The predicted molar refractivity (Wildman–Crippen MR) is 102 cm³/mol. The maximum atomic E-state index is 5.67. The lowest BCUT2D eigenvalue weighted by Crippen LogP contribution is -2.38. The molecule has 0 aliphatic carbocycles. The van der Waals surface area contributed by atoms with Crippen molar-refractivity contribution >= 4 is 0 Å². The number of methoxy groups -OCH3 is 1. The molecule has 1 aliphatic rings. The van der Waals surface area contributed by atoms with Crippen LogP contribution in [0.5, 0.6) is 5.75 Å². The molecule has 0 saturated carbocycles. The molecule has 26 heavy (non-hydrogen) atoms. The van der Waals surface area contributed by atoms with Crippen LogP contribution in [0.4, 0.5) is 0 Å². The monoisotopic (exact) mass is 348 g/mol. The maximum absolute atomic E-state index is 5.67. The highest BCUT2D eigenvalue weighted by atomic mass is 16.5. The van der Waals surface area contributed by atoms with E-state index in [1.165, 1.54) is 5.56 Å². The Bertz CT molecular complexity index is 851. The van der Waals surface area contributed by atoms with Crippen LogP contribution in [0.3, 0.4) is 0 Å². The van der Waals surface area contributed by atoms with E-state index in [1.54, 1.807) is 7.11 Å². The summed E-state index contributed by atoms with van der Waals surface area (Å²) in [5.41, 5.74) is 2.47. The lowest BCUT2D eigenvalue weighted by molar-refractivity contribution is 0.0436. The van der Waals surface area contributed by atoms with Gasteiger partial charge in [0.05, 0.1) is 12.7 Å². The Morgan fingerprint density at radius 3 is 2.54 bits per heavy atom. The second-order valence-corrected chi connectivity index (χ2v) is 6.84. The quantitative estimate of drug-likeness (QED) is 0.689. The highest BCUT2D eigenvalue weighted by Gasteiger charge is 2.35.